The Hall–Kier alpha value is -3.43. The van der Waals surface area contributed by atoms with Gasteiger partial charge in [0.15, 0.2) is 0 Å². The lowest BCUT2D eigenvalue weighted by molar-refractivity contribution is -0.125. The number of fused-ring (bicyclic) bond motifs is 1. The molecule has 5 rings (SSSR count). The standard InChI is InChI=1S/C29H33ClFN5O3/c1-17-15-35(18(2)14-34(17)16-20-6-8-21(31)9-7-20)28(38)22-12-23-25(13-24(22)30)36(32)19(3)26(23)27(37)29(39)33-10-4-5-11-33/h6-9,12-13,17-18H,4-5,10-11,14-16,32H2,1-3H3/t17-,18+/m0/s1. The largest absolute Gasteiger partial charge is 0.339 e. The second kappa shape index (κ2) is 10.6. The van der Waals surface area contributed by atoms with Crippen LogP contribution >= 0.6 is 11.6 Å². The normalized spacial score (nSPS) is 20.1. The minimum atomic E-state index is -0.624. The molecule has 206 valence electrons. The first-order valence-corrected chi connectivity index (χ1v) is 13.7. The topological polar surface area (TPSA) is 91.9 Å². The number of Topliss-reactive ketones (excluding diaryl/α,β-unsaturated/α-hetero) is 1. The van der Waals surface area contributed by atoms with Crippen LogP contribution in [0.25, 0.3) is 10.9 Å². The Morgan fingerprint density at radius 3 is 2.36 bits per heavy atom. The third-order valence-corrected chi connectivity index (χ3v) is 8.37. The molecule has 3 heterocycles. The van der Waals surface area contributed by atoms with Crippen molar-refractivity contribution in [3.8, 4) is 0 Å². The molecule has 0 aliphatic carbocycles. The Kier molecular flexibility index (Phi) is 7.39. The molecule has 1 aromatic heterocycles. The number of benzene rings is 2. The van der Waals surface area contributed by atoms with E-state index in [1.165, 1.54) is 16.8 Å². The van der Waals surface area contributed by atoms with E-state index in [1.54, 1.807) is 41.0 Å². The molecule has 2 aromatic carbocycles. The number of carbonyl (C=O) groups is 3. The van der Waals surface area contributed by atoms with Gasteiger partial charge in [0, 0.05) is 55.9 Å². The lowest BCUT2D eigenvalue weighted by Gasteiger charge is -2.44. The first-order chi connectivity index (χ1) is 18.6. The highest BCUT2D eigenvalue weighted by molar-refractivity contribution is 6.45. The third-order valence-electron chi connectivity index (χ3n) is 8.06. The summed E-state index contributed by atoms with van der Waals surface area (Å²) in [6, 6.07) is 9.59. The van der Waals surface area contributed by atoms with Crippen LogP contribution in [0.5, 0.6) is 0 Å². The monoisotopic (exact) mass is 553 g/mol. The van der Waals surface area contributed by atoms with E-state index in [1.807, 2.05) is 6.92 Å². The molecule has 2 aliphatic heterocycles. The van der Waals surface area contributed by atoms with Crippen molar-refractivity contribution in [2.24, 2.45) is 0 Å². The van der Waals surface area contributed by atoms with Gasteiger partial charge in [-0.05, 0) is 63.4 Å². The number of ketones is 1. The molecule has 2 aliphatic rings. The number of hydrogen-bond donors (Lipinski definition) is 1. The van der Waals surface area contributed by atoms with Gasteiger partial charge in [0.1, 0.15) is 5.82 Å². The number of halogens is 2. The van der Waals surface area contributed by atoms with Gasteiger partial charge < -0.3 is 15.6 Å². The van der Waals surface area contributed by atoms with Crippen LogP contribution in [0.15, 0.2) is 36.4 Å². The second-order valence-electron chi connectivity index (χ2n) is 10.7. The summed E-state index contributed by atoms with van der Waals surface area (Å²) in [4.78, 5) is 45.7. The van der Waals surface area contributed by atoms with Gasteiger partial charge in [-0.3, -0.25) is 24.0 Å². The minimum absolute atomic E-state index is 0.0558. The van der Waals surface area contributed by atoms with Gasteiger partial charge in [-0.2, -0.15) is 0 Å². The van der Waals surface area contributed by atoms with E-state index in [-0.39, 0.29) is 40.0 Å². The van der Waals surface area contributed by atoms with Crippen LogP contribution < -0.4 is 5.84 Å². The van der Waals surface area contributed by atoms with Gasteiger partial charge in [0.25, 0.3) is 17.6 Å². The Labute approximate surface area is 232 Å². The number of nitrogens with two attached hydrogens (primary N) is 1. The lowest BCUT2D eigenvalue weighted by Crippen LogP contribution is -2.57. The number of hydrogen-bond acceptors (Lipinski definition) is 5. The van der Waals surface area contributed by atoms with Gasteiger partial charge in [-0.15, -0.1) is 0 Å². The van der Waals surface area contributed by atoms with Gasteiger partial charge in [0.2, 0.25) is 0 Å². The van der Waals surface area contributed by atoms with Gasteiger partial charge in [-0.25, -0.2) is 4.39 Å². The average molecular weight is 554 g/mol. The summed E-state index contributed by atoms with van der Waals surface area (Å²) in [5, 5.41) is 0.672. The number of aromatic nitrogens is 1. The van der Waals surface area contributed by atoms with Crippen molar-refractivity contribution in [2.75, 3.05) is 32.0 Å². The maximum absolute atomic E-state index is 13.8. The predicted molar refractivity (Wildman–Crippen MR) is 149 cm³/mol. The number of nitrogen functional groups attached to an aromatic ring is 1. The maximum atomic E-state index is 13.8. The fraction of sp³-hybridized carbons (Fsp3) is 0.414. The summed E-state index contributed by atoms with van der Waals surface area (Å²) in [6.07, 6.45) is 1.75. The number of rotatable bonds is 5. The zero-order valence-electron chi connectivity index (χ0n) is 22.4. The number of nitrogens with zero attached hydrogens (tertiary/aromatic N) is 4. The Morgan fingerprint density at radius 2 is 1.69 bits per heavy atom. The average Bonchev–Trinajstić information content (AvgIpc) is 3.53. The Bertz CT molecular complexity index is 1450. The van der Waals surface area contributed by atoms with E-state index in [2.05, 4.69) is 11.8 Å². The Balaban J connectivity index is 1.42. The molecule has 39 heavy (non-hydrogen) atoms. The maximum Gasteiger partial charge on any atom is 0.295 e. The van der Waals surface area contributed by atoms with Crippen LogP contribution in [0, 0.1) is 12.7 Å². The molecule has 2 saturated heterocycles. The molecule has 0 spiro atoms. The van der Waals surface area contributed by atoms with Crippen molar-refractivity contribution in [1.82, 2.24) is 19.4 Å². The number of piperazine rings is 1. The zero-order valence-corrected chi connectivity index (χ0v) is 23.2. The molecule has 0 unspecified atom stereocenters. The summed E-state index contributed by atoms with van der Waals surface area (Å²) in [5.41, 5.74) is 2.41. The molecule has 2 N–H and O–H groups in total. The molecule has 0 saturated carbocycles. The molecule has 10 heteroatoms. The molecular formula is C29H33ClFN5O3. The molecule has 2 amide bonds. The van der Waals surface area contributed by atoms with Crippen LogP contribution in [0.4, 0.5) is 4.39 Å². The van der Waals surface area contributed by atoms with Gasteiger partial charge in [-0.1, -0.05) is 23.7 Å². The molecule has 0 bridgehead atoms. The summed E-state index contributed by atoms with van der Waals surface area (Å²) >= 11 is 6.61. The zero-order chi connectivity index (χ0) is 28.0. The molecule has 2 atom stereocenters. The summed E-state index contributed by atoms with van der Waals surface area (Å²) in [6.45, 7) is 8.61. The van der Waals surface area contributed by atoms with E-state index in [0.717, 1.165) is 18.4 Å². The van der Waals surface area contributed by atoms with E-state index in [4.69, 9.17) is 17.4 Å². The van der Waals surface area contributed by atoms with Crippen molar-refractivity contribution < 1.29 is 18.8 Å². The van der Waals surface area contributed by atoms with Crippen molar-refractivity contribution in [3.63, 3.8) is 0 Å². The van der Waals surface area contributed by atoms with Gasteiger partial charge in [0.05, 0.1) is 21.7 Å². The predicted octanol–water partition coefficient (Wildman–Crippen LogP) is 4.00. The quantitative estimate of drug-likeness (QED) is 0.293. The highest BCUT2D eigenvalue weighted by atomic mass is 35.5. The number of likely N-dealkylation sites (tertiary alicyclic amines) is 1. The summed E-state index contributed by atoms with van der Waals surface area (Å²) in [5.74, 6) is 4.57. The van der Waals surface area contributed by atoms with Crippen molar-refractivity contribution in [2.45, 2.75) is 52.2 Å². The summed E-state index contributed by atoms with van der Waals surface area (Å²) < 4.78 is 14.7. The molecule has 0 radical (unpaired) electrons. The van der Waals surface area contributed by atoms with Crippen molar-refractivity contribution >= 4 is 40.1 Å². The number of carbonyl (C=O) groups excluding carboxylic acids is 3. The van der Waals surface area contributed by atoms with E-state index < -0.39 is 11.7 Å². The lowest BCUT2D eigenvalue weighted by atomic mass is 10.0. The van der Waals surface area contributed by atoms with Crippen LogP contribution in [0.3, 0.4) is 0 Å². The Morgan fingerprint density at radius 1 is 1.03 bits per heavy atom. The van der Waals surface area contributed by atoms with Crippen LogP contribution in [-0.4, -0.2) is 75.2 Å². The van der Waals surface area contributed by atoms with Crippen LogP contribution in [0.2, 0.25) is 5.02 Å². The number of amides is 2. The fourth-order valence-corrected chi connectivity index (χ4v) is 6.00. The first-order valence-electron chi connectivity index (χ1n) is 13.3. The highest BCUT2D eigenvalue weighted by Gasteiger charge is 2.35. The molecule has 3 aromatic rings. The minimum Gasteiger partial charge on any atom is -0.339 e. The van der Waals surface area contributed by atoms with E-state index in [0.29, 0.717) is 49.3 Å². The molecule has 2 fully saturated rings. The smallest absolute Gasteiger partial charge is 0.295 e. The fourth-order valence-electron chi connectivity index (χ4n) is 5.76. The summed E-state index contributed by atoms with van der Waals surface area (Å²) in [7, 11) is 0. The third kappa shape index (κ3) is 5.01. The van der Waals surface area contributed by atoms with E-state index >= 15 is 0 Å². The van der Waals surface area contributed by atoms with E-state index in [9.17, 15) is 18.8 Å². The van der Waals surface area contributed by atoms with Crippen molar-refractivity contribution in [1.29, 1.82) is 0 Å². The van der Waals surface area contributed by atoms with Crippen LogP contribution in [-0.2, 0) is 11.3 Å². The first kappa shape index (κ1) is 27.1. The molecule has 8 nitrogen and oxygen atoms in total. The SMILES string of the molecule is Cc1c(C(=O)C(=O)N2CCCC2)c2cc(C(=O)N3C[C@H](C)N(Cc4ccc(F)cc4)C[C@H]3C)c(Cl)cc2n1N. The molecular weight excluding hydrogens is 521 g/mol. The van der Waals surface area contributed by atoms with Gasteiger partial charge >= 0.3 is 0 Å². The highest BCUT2D eigenvalue weighted by Crippen LogP contribution is 2.32. The van der Waals surface area contributed by atoms with Crippen molar-refractivity contribution in [3.05, 3.63) is 69.6 Å². The van der Waals surface area contributed by atoms with Crippen LogP contribution in [0.1, 0.15) is 58.7 Å². The second-order valence-corrected chi connectivity index (χ2v) is 11.1.